The van der Waals surface area contributed by atoms with Crippen molar-refractivity contribution in [2.75, 3.05) is 11.9 Å². The molecule has 0 aliphatic heterocycles. The van der Waals surface area contributed by atoms with Crippen LogP contribution in [0.1, 0.15) is 5.56 Å². The summed E-state index contributed by atoms with van der Waals surface area (Å²) in [6, 6.07) is 17.7. The Kier molecular flexibility index (Phi) is 3.81. The van der Waals surface area contributed by atoms with Crippen LogP contribution in [0.5, 0.6) is 0 Å². The number of rotatable bonds is 4. The zero-order valence-corrected chi connectivity index (χ0v) is 12.1. The fraction of sp³-hybridized carbons (Fsp3) is 0.118. The van der Waals surface area contributed by atoms with Crippen LogP contribution in [-0.4, -0.2) is 11.1 Å². The van der Waals surface area contributed by atoms with E-state index in [2.05, 4.69) is 28.2 Å². The number of nitriles is 1. The SMILES string of the molecule is N#Cc1ccc2ccn(CCNc3ccc(Cl)cc3)c2c1. The highest BCUT2D eigenvalue weighted by molar-refractivity contribution is 6.30. The average Bonchev–Trinajstić information content (AvgIpc) is 2.91. The molecule has 3 nitrogen and oxygen atoms in total. The maximum atomic E-state index is 8.99. The van der Waals surface area contributed by atoms with Crippen molar-refractivity contribution in [3.8, 4) is 6.07 Å². The molecule has 2 aromatic carbocycles. The maximum absolute atomic E-state index is 8.99. The van der Waals surface area contributed by atoms with Gasteiger partial charge in [0.1, 0.15) is 0 Å². The summed E-state index contributed by atoms with van der Waals surface area (Å²) in [5, 5.41) is 14.2. The van der Waals surface area contributed by atoms with Gasteiger partial charge < -0.3 is 9.88 Å². The molecule has 0 saturated carbocycles. The van der Waals surface area contributed by atoms with E-state index in [1.54, 1.807) is 0 Å². The smallest absolute Gasteiger partial charge is 0.0992 e. The molecule has 3 aromatic rings. The van der Waals surface area contributed by atoms with Crippen molar-refractivity contribution in [3.05, 3.63) is 65.3 Å². The van der Waals surface area contributed by atoms with Crippen LogP contribution in [0.2, 0.25) is 5.02 Å². The van der Waals surface area contributed by atoms with Gasteiger partial charge in [0.15, 0.2) is 0 Å². The normalized spacial score (nSPS) is 10.5. The highest BCUT2D eigenvalue weighted by Gasteiger charge is 2.02. The van der Waals surface area contributed by atoms with Gasteiger partial charge in [0.25, 0.3) is 0 Å². The molecule has 0 atom stereocenters. The van der Waals surface area contributed by atoms with Crippen LogP contribution in [-0.2, 0) is 6.54 Å². The summed E-state index contributed by atoms with van der Waals surface area (Å²) in [7, 11) is 0. The molecule has 0 amide bonds. The number of benzene rings is 2. The summed E-state index contributed by atoms with van der Waals surface area (Å²) in [5.41, 5.74) is 2.83. The third-order valence-electron chi connectivity index (χ3n) is 3.43. The molecule has 0 radical (unpaired) electrons. The largest absolute Gasteiger partial charge is 0.383 e. The molecular formula is C17H14ClN3. The number of hydrogen-bond acceptors (Lipinski definition) is 2. The summed E-state index contributed by atoms with van der Waals surface area (Å²) in [4.78, 5) is 0. The zero-order chi connectivity index (χ0) is 14.7. The van der Waals surface area contributed by atoms with E-state index in [1.807, 2.05) is 42.5 Å². The Morgan fingerprint density at radius 2 is 1.90 bits per heavy atom. The molecule has 0 unspecified atom stereocenters. The van der Waals surface area contributed by atoms with Crippen LogP contribution in [0.25, 0.3) is 10.9 Å². The zero-order valence-electron chi connectivity index (χ0n) is 11.4. The number of aromatic nitrogens is 1. The van der Waals surface area contributed by atoms with Gasteiger partial charge >= 0.3 is 0 Å². The van der Waals surface area contributed by atoms with E-state index in [9.17, 15) is 0 Å². The van der Waals surface area contributed by atoms with Gasteiger partial charge in [-0.15, -0.1) is 0 Å². The lowest BCUT2D eigenvalue weighted by atomic mass is 10.2. The van der Waals surface area contributed by atoms with Gasteiger partial charge in [-0.25, -0.2) is 0 Å². The second-order valence-corrected chi connectivity index (χ2v) is 5.26. The third kappa shape index (κ3) is 3.01. The van der Waals surface area contributed by atoms with Gasteiger partial charge in [-0.1, -0.05) is 17.7 Å². The van der Waals surface area contributed by atoms with Gasteiger partial charge in [0.2, 0.25) is 0 Å². The minimum absolute atomic E-state index is 0.688. The van der Waals surface area contributed by atoms with E-state index in [0.29, 0.717) is 5.56 Å². The molecule has 0 aliphatic carbocycles. The second kappa shape index (κ2) is 5.90. The topological polar surface area (TPSA) is 40.8 Å². The fourth-order valence-electron chi connectivity index (χ4n) is 2.34. The summed E-state index contributed by atoms with van der Waals surface area (Å²) >= 11 is 5.86. The Hall–Kier alpha value is -2.44. The standard InChI is InChI=1S/C17H14ClN3/c18-15-3-5-16(6-4-15)20-8-10-21-9-7-14-2-1-13(12-19)11-17(14)21/h1-7,9,11,20H,8,10H2. The molecular weight excluding hydrogens is 282 g/mol. The molecule has 0 saturated heterocycles. The number of nitrogens with one attached hydrogen (secondary N) is 1. The van der Waals surface area contributed by atoms with Crippen molar-refractivity contribution in [2.24, 2.45) is 0 Å². The molecule has 21 heavy (non-hydrogen) atoms. The van der Waals surface area contributed by atoms with Crippen LogP contribution < -0.4 is 5.32 Å². The summed E-state index contributed by atoms with van der Waals surface area (Å²) < 4.78 is 2.15. The predicted molar refractivity (Wildman–Crippen MR) is 86.6 cm³/mol. The van der Waals surface area contributed by atoms with Crippen LogP contribution in [0.15, 0.2) is 54.7 Å². The minimum atomic E-state index is 0.688. The summed E-state index contributed by atoms with van der Waals surface area (Å²) in [5.74, 6) is 0. The molecule has 3 rings (SSSR count). The first-order valence-electron chi connectivity index (χ1n) is 6.75. The summed E-state index contributed by atoms with van der Waals surface area (Å²) in [6.07, 6.45) is 2.05. The van der Waals surface area contributed by atoms with Crippen LogP contribution in [0, 0.1) is 11.3 Å². The number of halogens is 1. The molecule has 1 N–H and O–H groups in total. The van der Waals surface area contributed by atoms with Crippen molar-refractivity contribution < 1.29 is 0 Å². The molecule has 0 fully saturated rings. The molecule has 0 bridgehead atoms. The van der Waals surface area contributed by atoms with Crippen molar-refractivity contribution in [1.82, 2.24) is 4.57 Å². The Morgan fingerprint density at radius 3 is 2.67 bits per heavy atom. The first-order valence-corrected chi connectivity index (χ1v) is 7.12. The fourth-order valence-corrected chi connectivity index (χ4v) is 2.46. The second-order valence-electron chi connectivity index (χ2n) is 4.83. The van der Waals surface area contributed by atoms with E-state index >= 15 is 0 Å². The van der Waals surface area contributed by atoms with Crippen molar-refractivity contribution in [2.45, 2.75) is 6.54 Å². The van der Waals surface area contributed by atoms with Crippen LogP contribution in [0.4, 0.5) is 5.69 Å². The lowest BCUT2D eigenvalue weighted by Crippen LogP contribution is -2.09. The number of fused-ring (bicyclic) bond motifs is 1. The third-order valence-corrected chi connectivity index (χ3v) is 3.68. The monoisotopic (exact) mass is 295 g/mol. The number of hydrogen-bond donors (Lipinski definition) is 1. The first-order chi connectivity index (χ1) is 10.3. The highest BCUT2D eigenvalue weighted by Crippen LogP contribution is 2.18. The minimum Gasteiger partial charge on any atom is -0.383 e. The van der Waals surface area contributed by atoms with Gasteiger partial charge in [0, 0.05) is 35.5 Å². The van der Waals surface area contributed by atoms with Crippen molar-refractivity contribution >= 4 is 28.2 Å². The van der Waals surface area contributed by atoms with E-state index in [0.717, 1.165) is 34.7 Å². The van der Waals surface area contributed by atoms with Crippen LogP contribution in [0.3, 0.4) is 0 Å². The molecule has 0 spiro atoms. The van der Waals surface area contributed by atoms with Gasteiger partial charge in [-0.05, 0) is 47.9 Å². The Bertz CT molecular complexity index is 797. The molecule has 1 aromatic heterocycles. The van der Waals surface area contributed by atoms with E-state index < -0.39 is 0 Å². The van der Waals surface area contributed by atoms with Gasteiger partial charge in [-0.3, -0.25) is 0 Å². The number of anilines is 1. The lowest BCUT2D eigenvalue weighted by Gasteiger charge is -2.09. The van der Waals surface area contributed by atoms with E-state index in [-0.39, 0.29) is 0 Å². The first kappa shape index (κ1) is 13.5. The van der Waals surface area contributed by atoms with E-state index in [4.69, 9.17) is 16.9 Å². The average molecular weight is 296 g/mol. The van der Waals surface area contributed by atoms with Gasteiger partial charge in [0.05, 0.1) is 11.6 Å². The predicted octanol–water partition coefficient (Wildman–Crippen LogP) is 4.28. The quantitative estimate of drug-likeness (QED) is 0.780. The molecule has 1 heterocycles. The highest BCUT2D eigenvalue weighted by atomic mass is 35.5. The lowest BCUT2D eigenvalue weighted by molar-refractivity contribution is 0.757. The van der Waals surface area contributed by atoms with Crippen molar-refractivity contribution in [3.63, 3.8) is 0 Å². The Balaban J connectivity index is 1.70. The van der Waals surface area contributed by atoms with E-state index in [1.165, 1.54) is 0 Å². The van der Waals surface area contributed by atoms with Crippen molar-refractivity contribution in [1.29, 1.82) is 5.26 Å². The van der Waals surface area contributed by atoms with Gasteiger partial charge in [-0.2, -0.15) is 5.26 Å². The Labute approximate surface area is 128 Å². The van der Waals surface area contributed by atoms with Crippen LogP contribution >= 0.6 is 11.6 Å². The summed E-state index contributed by atoms with van der Waals surface area (Å²) in [6.45, 7) is 1.64. The molecule has 0 aliphatic rings. The Morgan fingerprint density at radius 1 is 1.10 bits per heavy atom. The number of nitrogens with zero attached hydrogens (tertiary/aromatic N) is 2. The maximum Gasteiger partial charge on any atom is 0.0992 e. The molecule has 104 valence electrons. The molecule has 4 heteroatoms.